The quantitative estimate of drug-likeness (QED) is 0.0554. The Bertz CT molecular complexity index is 5310. The van der Waals surface area contributed by atoms with Crippen LogP contribution in [0.1, 0.15) is 191 Å². The van der Waals surface area contributed by atoms with Crippen molar-refractivity contribution >= 4 is 62.1 Å². The normalized spacial score (nSPS) is 14.0. The van der Waals surface area contributed by atoms with Crippen molar-refractivity contribution < 1.29 is 46.8 Å². The summed E-state index contributed by atoms with van der Waals surface area (Å²) in [6.07, 6.45) is 15.6. The van der Waals surface area contributed by atoms with E-state index < -0.39 is 56.8 Å². The maximum Gasteiger partial charge on any atom is 0.418 e. The Kier molecular flexibility index (Phi) is 30.7. The van der Waals surface area contributed by atoms with E-state index in [9.17, 15) is 52.1 Å². The number of nitrogens with zero attached hydrogens (tertiary/aromatic N) is 5. The molecule has 0 saturated carbocycles. The second kappa shape index (κ2) is 39.0. The lowest BCUT2D eigenvalue weighted by atomic mass is 9.93. The first-order valence-electron chi connectivity index (χ1n) is 38.4. The number of benzene rings is 8. The van der Waals surface area contributed by atoms with Crippen LogP contribution < -0.4 is 19.6 Å². The van der Waals surface area contributed by atoms with Gasteiger partial charge in [-0.1, -0.05) is 210 Å². The highest BCUT2D eigenvalue weighted by molar-refractivity contribution is 7.90. The molecule has 4 aliphatic rings. The van der Waals surface area contributed by atoms with E-state index in [0.29, 0.717) is 53.8 Å². The molecule has 0 spiro atoms. The van der Waals surface area contributed by atoms with Crippen molar-refractivity contribution in [1.82, 2.24) is 0 Å². The summed E-state index contributed by atoms with van der Waals surface area (Å²) in [6, 6.07) is 46.2. The lowest BCUT2D eigenvalue weighted by Gasteiger charge is -2.35. The van der Waals surface area contributed by atoms with Crippen molar-refractivity contribution in [2.75, 3.05) is 45.8 Å². The van der Waals surface area contributed by atoms with E-state index >= 15 is 0 Å². The van der Waals surface area contributed by atoms with E-state index in [2.05, 4.69) is 79.7 Å². The summed E-state index contributed by atoms with van der Waals surface area (Å²) in [5.74, 6) is 4.90. The summed E-state index contributed by atoms with van der Waals surface area (Å²) in [6.45, 7) is 35.4. The van der Waals surface area contributed by atoms with Crippen LogP contribution in [-0.4, -0.2) is 59.9 Å². The molecular formula is C94H108F3N5O8S4. The maximum absolute atomic E-state index is 13.9. The van der Waals surface area contributed by atoms with E-state index in [-0.39, 0.29) is 58.9 Å². The van der Waals surface area contributed by atoms with E-state index in [1.807, 2.05) is 150 Å². The summed E-state index contributed by atoms with van der Waals surface area (Å²) in [5.41, 5.74) is 21.7. The third kappa shape index (κ3) is 23.9. The smallest absolute Gasteiger partial charge is 0.345 e. The van der Waals surface area contributed by atoms with Gasteiger partial charge in [-0.3, -0.25) is 0 Å². The zero-order valence-corrected chi connectivity index (χ0v) is 69.6. The molecule has 0 aliphatic carbocycles. The summed E-state index contributed by atoms with van der Waals surface area (Å²) < 4.78 is 144. The number of terminal acetylenes is 2. The number of hydrogen-bond donors (Lipinski definition) is 0. The van der Waals surface area contributed by atoms with Crippen molar-refractivity contribution in [2.45, 2.75) is 186 Å². The minimum Gasteiger partial charge on any atom is -0.345 e. The fraction of sp³-hybridized carbons (Fsp3) is 0.351. The van der Waals surface area contributed by atoms with Gasteiger partial charge in [0.15, 0.2) is 39.3 Å². The lowest BCUT2D eigenvalue weighted by Crippen LogP contribution is -2.30. The van der Waals surface area contributed by atoms with E-state index in [1.54, 1.807) is 29.2 Å². The number of alkyl halides is 3. The molecule has 0 radical (unpaired) electrons. The predicted octanol–water partition coefficient (Wildman–Crippen LogP) is 20.2. The van der Waals surface area contributed by atoms with Gasteiger partial charge < -0.3 is 19.6 Å². The summed E-state index contributed by atoms with van der Waals surface area (Å²) in [4.78, 5) is 8.07. The fourth-order valence-corrected chi connectivity index (χ4v) is 21.0. The van der Waals surface area contributed by atoms with Gasteiger partial charge in [0, 0.05) is 60.1 Å². The molecule has 0 aromatic heterocycles. The van der Waals surface area contributed by atoms with Crippen LogP contribution >= 0.6 is 0 Å². The maximum atomic E-state index is 13.9. The molecule has 20 heteroatoms. The second-order valence-electron chi connectivity index (χ2n) is 30.0. The molecule has 13 nitrogen and oxygen atoms in total. The molecule has 602 valence electrons. The van der Waals surface area contributed by atoms with Gasteiger partial charge in [-0.15, -0.1) is 12.8 Å². The molecule has 114 heavy (non-hydrogen) atoms. The number of nitriles is 1. The van der Waals surface area contributed by atoms with Crippen LogP contribution in [0.15, 0.2) is 195 Å². The van der Waals surface area contributed by atoms with Crippen LogP contribution in [0, 0.1) is 63.7 Å². The predicted molar refractivity (Wildman–Crippen MR) is 464 cm³/mol. The van der Waals surface area contributed by atoms with Crippen LogP contribution in [0.2, 0.25) is 0 Å². The highest BCUT2D eigenvalue weighted by Crippen LogP contribution is 2.45. The zero-order chi connectivity index (χ0) is 82.3. The molecule has 8 aromatic rings. The van der Waals surface area contributed by atoms with Gasteiger partial charge in [0.2, 0.25) is 0 Å². The lowest BCUT2D eigenvalue weighted by molar-refractivity contribution is -0.137. The Labute approximate surface area is 677 Å². The number of hydrogen-bond acceptors (Lipinski definition) is 13. The third-order valence-electron chi connectivity index (χ3n) is 20.3. The zero-order valence-electron chi connectivity index (χ0n) is 66.4. The summed E-state index contributed by atoms with van der Waals surface area (Å²) in [5, 5.41) is 9.69. The van der Waals surface area contributed by atoms with E-state index in [4.69, 9.17) is 12.8 Å². The van der Waals surface area contributed by atoms with Gasteiger partial charge in [-0.25, -0.2) is 33.7 Å². The van der Waals surface area contributed by atoms with Crippen LogP contribution in [0.5, 0.6) is 0 Å². The fourth-order valence-electron chi connectivity index (χ4n) is 15.1. The largest absolute Gasteiger partial charge is 0.418 e. The Morgan fingerprint density at radius 2 is 0.596 bits per heavy atom. The Balaban J connectivity index is 0.000000190. The highest BCUT2D eigenvalue weighted by Gasteiger charge is 2.39. The van der Waals surface area contributed by atoms with Gasteiger partial charge >= 0.3 is 6.18 Å². The van der Waals surface area contributed by atoms with Crippen molar-refractivity contribution in [3.05, 3.63) is 306 Å². The highest BCUT2D eigenvalue weighted by atomic mass is 32.2. The molecule has 0 atom stereocenters. The van der Waals surface area contributed by atoms with Gasteiger partial charge in [-0.05, 0) is 196 Å². The first-order valence-corrected chi connectivity index (χ1v) is 45.7. The number of rotatable bonds is 23. The number of aryl methyl sites for hydroxylation is 8. The van der Waals surface area contributed by atoms with Crippen molar-refractivity contribution in [2.24, 2.45) is 0 Å². The van der Waals surface area contributed by atoms with E-state index in [0.717, 1.165) is 189 Å². The Morgan fingerprint density at radius 1 is 0.360 bits per heavy atom. The number of halogens is 3. The third-order valence-corrected chi connectivity index (χ3v) is 26.5. The minimum absolute atomic E-state index is 0. The molecule has 12 rings (SSSR count). The molecule has 0 unspecified atom stereocenters. The Morgan fingerprint density at radius 3 is 0.860 bits per heavy atom. The first kappa shape index (κ1) is 89.7. The molecule has 4 aliphatic heterocycles. The van der Waals surface area contributed by atoms with Gasteiger partial charge in [-0.2, -0.15) is 18.4 Å². The van der Waals surface area contributed by atoms with Crippen molar-refractivity contribution in [3.8, 4) is 30.8 Å². The molecule has 0 saturated heterocycles. The van der Waals surface area contributed by atoms with Crippen LogP contribution in [-0.2, 0) is 117 Å². The summed E-state index contributed by atoms with van der Waals surface area (Å²) in [7, 11) is -13.5. The number of sulfone groups is 4. The van der Waals surface area contributed by atoms with Gasteiger partial charge in [0.25, 0.3) is 0 Å². The average molecular weight is 1620 g/mol. The molecule has 8 aromatic carbocycles. The molecular weight excluding hydrogens is 1510 g/mol. The SMILES string of the molecule is C.C#Cc1cc(CS(=O)(=O)Cc2ccc(C)cc2)cc2c1N(CC)C(=C)CC2.C#Cc1cc(CS(=O)(=O)Cc2ccc(C)cc2)cc2c1N(CCC)C(=C)CC2.C=C1CCc2cc(CS(=O)(=O)Cc3ccc(C)cc3)cc(C#N)c2N1CCC.C=C1CCc2cc(CS(=O)(=O)Cc3ccc(C)cc3)cc(C(F)(F)F)c2N1CCC. The Hall–Kier alpha value is -9.88. The second-order valence-corrected chi connectivity index (χ2v) is 38.3. The standard InChI is InChI=1S/C24H27NO2S.C23H26F3NO2S.C23H26N2O2S.C23H25NO2S.CH4/c1-5-13-25-19(4)9-12-23-15-21(14-22(6-2)24(23)25)17-28(26,27)16-20-10-7-18(3)8-11-20;1-4-11-27-17(3)7-10-20-12-19(13-21(22(20)27)23(24,25)26)15-30(28,29)14-18-8-5-16(2)6-9-18;1-4-11-25-18(3)7-10-21-12-20(13-22(14-24)23(21)25)16-28(26,27)15-19-8-5-17(2)6-9-19;1-5-21-13-20(14-22-12-9-18(4)24(6-2)23(21)22)16-27(25,26)15-19-10-7-17(3)8-11-19;/h2,7-8,10-11,14-15H,4-5,9,12-13,16-17H2,1,3H3;5-6,8-9,12-13H,3-4,7,10-11,14-15H2,1-2H3;5-6,8-9,12-13H,3-4,7,10-11,15-16H2,1-2H3;1,7-8,10-11,13-14H,4,6,9,12,15-16H2,2-3H3;1H4. The number of anilines is 4. The molecule has 0 amide bonds. The first-order chi connectivity index (χ1) is 53.5. The van der Waals surface area contributed by atoms with Crippen molar-refractivity contribution in [1.29, 1.82) is 5.26 Å². The topological polar surface area (TPSA) is 173 Å². The average Bonchev–Trinajstić information content (AvgIpc) is 0.766. The van der Waals surface area contributed by atoms with Gasteiger partial charge in [0.05, 0.1) is 79.9 Å². The monoisotopic (exact) mass is 1620 g/mol. The van der Waals surface area contributed by atoms with E-state index in [1.165, 1.54) is 0 Å². The molecule has 0 fully saturated rings. The molecule has 0 bridgehead atoms. The van der Waals surface area contributed by atoms with Crippen LogP contribution in [0.25, 0.3) is 0 Å². The minimum atomic E-state index is -4.58. The van der Waals surface area contributed by atoms with Crippen LogP contribution in [0.3, 0.4) is 0 Å². The van der Waals surface area contributed by atoms with Crippen LogP contribution in [0.4, 0.5) is 35.9 Å². The number of fused-ring (bicyclic) bond motifs is 4. The van der Waals surface area contributed by atoms with Crippen molar-refractivity contribution in [3.63, 3.8) is 0 Å². The van der Waals surface area contributed by atoms with Gasteiger partial charge in [0.1, 0.15) is 6.07 Å². The molecule has 4 heterocycles. The number of allylic oxidation sites excluding steroid dienone is 4. The molecule has 0 N–H and O–H groups in total. The summed E-state index contributed by atoms with van der Waals surface area (Å²) >= 11 is 0.